The number of aryl methyl sites for hydroxylation is 1. The second-order valence-electron chi connectivity index (χ2n) is 6.26. The van der Waals surface area contributed by atoms with E-state index in [9.17, 15) is 19.5 Å². The van der Waals surface area contributed by atoms with Crippen molar-refractivity contribution in [1.82, 2.24) is 4.90 Å². The number of furan rings is 1. The minimum Gasteiger partial charge on any atom is -0.479 e. The number of aliphatic carboxylic acids is 1. The van der Waals surface area contributed by atoms with E-state index in [1.54, 1.807) is 6.92 Å². The Bertz CT molecular complexity index is 681. The van der Waals surface area contributed by atoms with Crippen LogP contribution < -0.4 is 0 Å². The molecule has 1 aromatic heterocycles. The molecule has 0 radical (unpaired) electrons. The van der Waals surface area contributed by atoms with Gasteiger partial charge in [0, 0.05) is 44.3 Å². The van der Waals surface area contributed by atoms with Crippen LogP contribution >= 0.6 is 0 Å². The van der Waals surface area contributed by atoms with Crippen LogP contribution in [-0.4, -0.2) is 51.5 Å². The van der Waals surface area contributed by atoms with Crippen molar-refractivity contribution in [2.45, 2.75) is 44.6 Å². The largest absolute Gasteiger partial charge is 0.479 e. The fourth-order valence-electron chi connectivity index (χ4n) is 3.29. The summed E-state index contributed by atoms with van der Waals surface area (Å²) >= 11 is 0. The highest BCUT2D eigenvalue weighted by molar-refractivity contribution is 6.03. The highest BCUT2D eigenvalue weighted by Gasteiger charge is 2.41. The molecular weight excluding hydrogens is 302 g/mol. The van der Waals surface area contributed by atoms with Crippen molar-refractivity contribution in [3.63, 3.8) is 0 Å². The highest BCUT2D eigenvalue weighted by atomic mass is 16.4. The summed E-state index contributed by atoms with van der Waals surface area (Å²) in [5.74, 6) is -0.880. The standard InChI is InChI=1S/C16H19NO6/c1-9-12-10(18)3-2-4-11(12)23-13(9)14(19)17-7-5-16(22,6-8-17)15(20)21/h22H,2-8H2,1H3,(H,20,21). The zero-order valence-electron chi connectivity index (χ0n) is 12.9. The zero-order valence-corrected chi connectivity index (χ0v) is 12.9. The van der Waals surface area contributed by atoms with E-state index in [-0.39, 0.29) is 43.4 Å². The van der Waals surface area contributed by atoms with E-state index < -0.39 is 11.6 Å². The average Bonchev–Trinajstić information content (AvgIpc) is 2.85. The molecule has 0 bridgehead atoms. The zero-order chi connectivity index (χ0) is 16.8. The number of likely N-dealkylation sites (tertiary alicyclic amines) is 1. The topological polar surface area (TPSA) is 108 Å². The maximum Gasteiger partial charge on any atom is 0.335 e. The van der Waals surface area contributed by atoms with Gasteiger partial charge in [0.2, 0.25) is 0 Å². The molecule has 0 unspecified atom stereocenters. The fourth-order valence-corrected chi connectivity index (χ4v) is 3.29. The van der Waals surface area contributed by atoms with E-state index in [1.807, 2.05) is 0 Å². The van der Waals surface area contributed by atoms with E-state index in [0.717, 1.165) is 6.42 Å². The maximum absolute atomic E-state index is 12.6. The third-order valence-corrected chi connectivity index (χ3v) is 4.78. The van der Waals surface area contributed by atoms with Crippen LogP contribution in [0.25, 0.3) is 0 Å². The van der Waals surface area contributed by atoms with Crippen LogP contribution in [-0.2, 0) is 11.2 Å². The van der Waals surface area contributed by atoms with Crippen molar-refractivity contribution in [2.24, 2.45) is 0 Å². The van der Waals surface area contributed by atoms with Gasteiger partial charge in [0.25, 0.3) is 5.91 Å². The summed E-state index contributed by atoms with van der Waals surface area (Å²) in [6.07, 6.45) is 1.80. The average molecular weight is 321 g/mol. The van der Waals surface area contributed by atoms with Crippen LogP contribution in [0.15, 0.2) is 4.42 Å². The minimum atomic E-state index is -1.77. The summed E-state index contributed by atoms with van der Waals surface area (Å²) in [6, 6.07) is 0. The molecule has 1 aromatic rings. The van der Waals surface area contributed by atoms with Crippen molar-refractivity contribution >= 4 is 17.7 Å². The van der Waals surface area contributed by atoms with Gasteiger partial charge in [0.05, 0.1) is 5.56 Å². The summed E-state index contributed by atoms with van der Waals surface area (Å²) in [5, 5.41) is 18.9. The molecule has 23 heavy (non-hydrogen) atoms. The molecule has 1 aliphatic heterocycles. The Kier molecular flexibility index (Phi) is 3.75. The second kappa shape index (κ2) is 5.49. The Morgan fingerprint density at radius 1 is 1.22 bits per heavy atom. The number of ketones is 1. The predicted octanol–water partition coefficient (Wildman–Crippen LogP) is 1.16. The lowest BCUT2D eigenvalue weighted by molar-refractivity contribution is -0.162. The molecule has 0 aromatic carbocycles. The summed E-state index contributed by atoms with van der Waals surface area (Å²) in [5.41, 5.74) is -0.683. The summed E-state index contributed by atoms with van der Waals surface area (Å²) in [4.78, 5) is 37.1. The number of fused-ring (bicyclic) bond motifs is 1. The van der Waals surface area contributed by atoms with Crippen LogP contribution in [0.4, 0.5) is 0 Å². The van der Waals surface area contributed by atoms with Crippen LogP contribution in [0.2, 0.25) is 0 Å². The first-order valence-corrected chi connectivity index (χ1v) is 7.74. The number of carbonyl (C=O) groups is 3. The molecule has 1 fully saturated rings. The van der Waals surface area contributed by atoms with E-state index in [1.165, 1.54) is 4.90 Å². The third-order valence-electron chi connectivity index (χ3n) is 4.78. The van der Waals surface area contributed by atoms with E-state index in [0.29, 0.717) is 29.7 Å². The van der Waals surface area contributed by atoms with Gasteiger partial charge in [-0.2, -0.15) is 0 Å². The molecule has 2 N–H and O–H groups in total. The number of rotatable bonds is 2. The molecule has 2 aliphatic rings. The van der Waals surface area contributed by atoms with Crippen molar-refractivity contribution in [3.05, 3.63) is 22.6 Å². The number of carboxylic acid groups (broad SMARTS) is 1. The van der Waals surface area contributed by atoms with Gasteiger partial charge in [-0.25, -0.2) is 4.79 Å². The first kappa shape index (κ1) is 15.7. The van der Waals surface area contributed by atoms with Gasteiger partial charge in [0.15, 0.2) is 17.1 Å². The molecule has 0 atom stereocenters. The Hall–Kier alpha value is -2.15. The number of piperidine rings is 1. The van der Waals surface area contributed by atoms with Crippen LogP contribution in [0, 0.1) is 6.92 Å². The molecule has 7 nitrogen and oxygen atoms in total. The molecule has 124 valence electrons. The monoisotopic (exact) mass is 321 g/mol. The highest BCUT2D eigenvalue weighted by Crippen LogP contribution is 2.31. The summed E-state index contributed by atoms with van der Waals surface area (Å²) in [6.45, 7) is 1.98. The molecule has 0 saturated carbocycles. The fraction of sp³-hybridized carbons (Fsp3) is 0.562. The van der Waals surface area contributed by atoms with Gasteiger partial charge in [-0.3, -0.25) is 9.59 Å². The Labute approximate surface area is 132 Å². The number of aliphatic hydroxyl groups is 1. The normalized spacial score (nSPS) is 20.3. The van der Waals surface area contributed by atoms with Gasteiger partial charge in [-0.15, -0.1) is 0 Å². The SMILES string of the molecule is Cc1c(C(=O)N2CCC(O)(C(=O)O)CC2)oc2c1C(=O)CCC2. The Morgan fingerprint density at radius 3 is 2.43 bits per heavy atom. The van der Waals surface area contributed by atoms with Gasteiger partial charge in [0.1, 0.15) is 5.76 Å². The number of nitrogens with zero attached hydrogens (tertiary/aromatic N) is 1. The smallest absolute Gasteiger partial charge is 0.335 e. The van der Waals surface area contributed by atoms with Crippen molar-refractivity contribution in [2.75, 3.05) is 13.1 Å². The molecule has 1 saturated heterocycles. The van der Waals surface area contributed by atoms with Crippen molar-refractivity contribution in [1.29, 1.82) is 0 Å². The molecule has 1 aliphatic carbocycles. The summed E-state index contributed by atoms with van der Waals surface area (Å²) in [7, 11) is 0. The Morgan fingerprint density at radius 2 is 1.87 bits per heavy atom. The third kappa shape index (κ3) is 2.55. The number of amides is 1. The van der Waals surface area contributed by atoms with E-state index in [2.05, 4.69) is 0 Å². The lowest BCUT2D eigenvalue weighted by Gasteiger charge is -2.34. The summed E-state index contributed by atoms with van der Waals surface area (Å²) < 4.78 is 5.63. The number of hydrogen-bond donors (Lipinski definition) is 2. The molecule has 1 amide bonds. The molecule has 0 spiro atoms. The first-order chi connectivity index (χ1) is 10.8. The molecule has 2 heterocycles. The Balaban J connectivity index is 1.80. The van der Waals surface area contributed by atoms with Gasteiger partial charge >= 0.3 is 5.97 Å². The molecule has 3 rings (SSSR count). The van der Waals surface area contributed by atoms with Crippen molar-refractivity contribution < 1.29 is 29.0 Å². The van der Waals surface area contributed by atoms with Crippen molar-refractivity contribution in [3.8, 4) is 0 Å². The number of carboxylic acids is 1. The minimum absolute atomic E-state index is 0.00504. The van der Waals surface area contributed by atoms with Gasteiger partial charge < -0.3 is 19.5 Å². The van der Waals surface area contributed by atoms with Gasteiger partial charge in [-0.1, -0.05) is 0 Å². The lowest BCUT2D eigenvalue weighted by atomic mass is 9.91. The molecular formula is C16H19NO6. The maximum atomic E-state index is 12.6. The number of carbonyl (C=O) groups excluding carboxylic acids is 2. The van der Waals surface area contributed by atoms with Crippen LogP contribution in [0.3, 0.4) is 0 Å². The predicted molar refractivity (Wildman–Crippen MR) is 78.4 cm³/mol. The number of hydrogen-bond acceptors (Lipinski definition) is 5. The van der Waals surface area contributed by atoms with Crippen LogP contribution in [0.1, 0.15) is 57.9 Å². The lowest BCUT2D eigenvalue weighted by Crippen LogP contribution is -2.50. The quantitative estimate of drug-likeness (QED) is 0.846. The van der Waals surface area contributed by atoms with E-state index in [4.69, 9.17) is 9.52 Å². The van der Waals surface area contributed by atoms with E-state index >= 15 is 0 Å². The molecule has 7 heteroatoms. The number of Topliss-reactive ketones (excluding diaryl/α,β-unsaturated/α-hetero) is 1. The second-order valence-corrected chi connectivity index (χ2v) is 6.26. The first-order valence-electron chi connectivity index (χ1n) is 7.74. The van der Waals surface area contributed by atoms with Crippen LogP contribution in [0.5, 0.6) is 0 Å². The van der Waals surface area contributed by atoms with Gasteiger partial charge in [-0.05, 0) is 13.3 Å².